The minimum absolute atomic E-state index is 0.334. The third-order valence-corrected chi connectivity index (χ3v) is 6.54. The van der Waals surface area contributed by atoms with Crippen LogP contribution in [0.25, 0.3) is 11.2 Å². The van der Waals surface area contributed by atoms with Crippen molar-refractivity contribution in [2.24, 2.45) is 11.8 Å². The van der Waals surface area contributed by atoms with Crippen LogP contribution < -0.4 is 0 Å². The number of carbonyl (C=O) groups excluding carboxylic acids is 1. The molecule has 3 heterocycles. The maximum absolute atomic E-state index is 12.4. The summed E-state index contributed by atoms with van der Waals surface area (Å²) in [6.07, 6.45) is 12.6. The number of aromatic nitrogens is 3. The minimum atomic E-state index is 0.334. The Morgan fingerprint density at radius 2 is 1.85 bits per heavy atom. The van der Waals surface area contributed by atoms with E-state index < -0.39 is 0 Å². The molecule has 5 rings (SSSR count). The topological polar surface area (TPSA) is 51.0 Å². The van der Waals surface area contributed by atoms with Crippen LogP contribution in [-0.4, -0.2) is 38.4 Å². The predicted molar refractivity (Wildman–Crippen MR) is 101 cm³/mol. The molecule has 2 aliphatic carbocycles. The Bertz CT molecular complexity index is 795. The Kier molecular flexibility index (Phi) is 4.18. The van der Waals surface area contributed by atoms with E-state index in [0.717, 1.165) is 62.3 Å². The fourth-order valence-corrected chi connectivity index (χ4v) is 4.91. The first-order valence-electron chi connectivity index (χ1n) is 10.4. The summed E-state index contributed by atoms with van der Waals surface area (Å²) in [5.74, 6) is 2.73. The van der Waals surface area contributed by atoms with Gasteiger partial charge in [-0.05, 0) is 43.7 Å². The molecule has 2 aromatic rings. The molecule has 0 unspecified atom stereocenters. The highest BCUT2D eigenvalue weighted by atomic mass is 16.2. The number of amides is 1. The van der Waals surface area contributed by atoms with Gasteiger partial charge in [-0.1, -0.05) is 25.7 Å². The largest absolute Gasteiger partial charge is 0.342 e. The lowest BCUT2D eigenvalue weighted by molar-refractivity contribution is -0.133. The highest BCUT2D eigenvalue weighted by Gasteiger charge is 2.35. The normalized spacial score (nSPS) is 22.4. The van der Waals surface area contributed by atoms with Gasteiger partial charge in [-0.3, -0.25) is 4.79 Å². The van der Waals surface area contributed by atoms with Crippen molar-refractivity contribution < 1.29 is 4.79 Å². The number of fused-ring (bicyclic) bond motifs is 1. The molecule has 3 fully saturated rings. The molecule has 1 aliphatic heterocycles. The van der Waals surface area contributed by atoms with Crippen LogP contribution in [0.2, 0.25) is 0 Å². The first-order chi connectivity index (χ1) is 12.8. The molecule has 26 heavy (non-hydrogen) atoms. The number of carbonyl (C=O) groups is 1. The fraction of sp³-hybridized carbons (Fsp3) is 0.667. The Morgan fingerprint density at radius 3 is 2.58 bits per heavy atom. The highest BCUT2D eigenvalue weighted by Crippen LogP contribution is 2.35. The Morgan fingerprint density at radius 1 is 1.08 bits per heavy atom. The number of hydrogen-bond donors (Lipinski definition) is 0. The second-order valence-electron chi connectivity index (χ2n) is 8.43. The zero-order chi connectivity index (χ0) is 17.5. The summed E-state index contributed by atoms with van der Waals surface area (Å²) in [6, 6.07) is 4.49. The number of likely N-dealkylation sites (tertiary alicyclic amines) is 1. The van der Waals surface area contributed by atoms with Crippen LogP contribution in [0.15, 0.2) is 18.3 Å². The zero-order valence-corrected chi connectivity index (χ0v) is 15.4. The summed E-state index contributed by atoms with van der Waals surface area (Å²) in [4.78, 5) is 24.1. The number of piperidine rings is 1. The van der Waals surface area contributed by atoms with Crippen molar-refractivity contribution in [3.8, 4) is 0 Å². The van der Waals surface area contributed by atoms with Gasteiger partial charge in [-0.25, -0.2) is 9.97 Å². The third kappa shape index (κ3) is 3.01. The molecule has 2 aromatic heterocycles. The Labute approximate surface area is 154 Å². The van der Waals surface area contributed by atoms with E-state index in [9.17, 15) is 4.79 Å². The number of hydrogen-bond acceptors (Lipinski definition) is 3. The molecule has 2 saturated carbocycles. The first kappa shape index (κ1) is 16.3. The van der Waals surface area contributed by atoms with Gasteiger partial charge in [0.25, 0.3) is 0 Å². The van der Waals surface area contributed by atoms with Crippen molar-refractivity contribution in [3.63, 3.8) is 0 Å². The lowest BCUT2D eigenvalue weighted by Crippen LogP contribution is -2.40. The molecule has 0 aromatic carbocycles. The molecule has 1 amide bonds. The van der Waals surface area contributed by atoms with Crippen molar-refractivity contribution in [2.45, 2.75) is 63.8 Å². The SMILES string of the molecule is O=C(C1CC1)N1CCC(n2c(CC3CCCC3)nc3cccnc32)CC1. The third-order valence-electron chi connectivity index (χ3n) is 6.54. The molecule has 1 saturated heterocycles. The van der Waals surface area contributed by atoms with Gasteiger partial charge in [-0.15, -0.1) is 0 Å². The molecular formula is C21H28N4O. The van der Waals surface area contributed by atoms with Crippen molar-refractivity contribution in [1.82, 2.24) is 19.4 Å². The van der Waals surface area contributed by atoms with Crippen LogP contribution in [0.3, 0.4) is 0 Å². The molecule has 5 nitrogen and oxygen atoms in total. The minimum Gasteiger partial charge on any atom is -0.342 e. The second-order valence-corrected chi connectivity index (χ2v) is 8.43. The van der Waals surface area contributed by atoms with Crippen LogP contribution in [0.5, 0.6) is 0 Å². The lowest BCUT2D eigenvalue weighted by atomic mass is 10.0. The van der Waals surface area contributed by atoms with Gasteiger partial charge >= 0.3 is 0 Å². The van der Waals surface area contributed by atoms with Crippen LogP contribution in [-0.2, 0) is 11.2 Å². The molecule has 0 radical (unpaired) electrons. The predicted octanol–water partition coefficient (Wildman–Crippen LogP) is 3.74. The monoisotopic (exact) mass is 352 g/mol. The smallest absolute Gasteiger partial charge is 0.225 e. The zero-order valence-electron chi connectivity index (χ0n) is 15.4. The van der Waals surface area contributed by atoms with E-state index in [1.165, 1.54) is 31.5 Å². The van der Waals surface area contributed by atoms with E-state index in [1.54, 1.807) is 0 Å². The standard InChI is InChI=1S/C21H28N4O/c26-21(16-7-8-16)24-12-9-17(10-13-24)25-19(14-15-4-1-2-5-15)23-18-6-3-11-22-20(18)25/h3,6,11,15-17H,1-2,4-5,7-10,12-14H2. The van der Waals surface area contributed by atoms with Gasteiger partial charge in [0.2, 0.25) is 5.91 Å². The molecule has 138 valence electrons. The van der Waals surface area contributed by atoms with Crippen LogP contribution >= 0.6 is 0 Å². The van der Waals surface area contributed by atoms with E-state index in [2.05, 4.69) is 20.5 Å². The summed E-state index contributed by atoms with van der Waals surface area (Å²) in [7, 11) is 0. The van der Waals surface area contributed by atoms with Gasteiger partial charge < -0.3 is 9.47 Å². The maximum atomic E-state index is 12.4. The van der Waals surface area contributed by atoms with E-state index in [0.29, 0.717) is 17.9 Å². The van der Waals surface area contributed by atoms with Gasteiger partial charge in [0.15, 0.2) is 5.65 Å². The summed E-state index contributed by atoms with van der Waals surface area (Å²) >= 11 is 0. The number of nitrogens with zero attached hydrogens (tertiary/aromatic N) is 4. The second kappa shape index (κ2) is 6.67. The van der Waals surface area contributed by atoms with Gasteiger partial charge in [0, 0.05) is 37.7 Å². The van der Waals surface area contributed by atoms with E-state index >= 15 is 0 Å². The van der Waals surface area contributed by atoms with Gasteiger partial charge in [-0.2, -0.15) is 0 Å². The van der Waals surface area contributed by atoms with E-state index in [1.807, 2.05) is 12.3 Å². The van der Waals surface area contributed by atoms with E-state index in [4.69, 9.17) is 4.98 Å². The van der Waals surface area contributed by atoms with Gasteiger partial charge in [0.05, 0.1) is 0 Å². The quantitative estimate of drug-likeness (QED) is 0.842. The van der Waals surface area contributed by atoms with E-state index in [-0.39, 0.29) is 0 Å². The van der Waals surface area contributed by atoms with Crippen molar-refractivity contribution in [3.05, 3.63) is 24.2 Å². The Balaban J connectivity index is 1.39. The first-order valence-corrected chi connectivity index (χ1v) is 10.4. The highest BCUT2D eigenvalue weighted by molar-refractivity contribution is 5.81. The van der Waals surface area contributed by atoms with Crippen molar-refractivity contribution in [1.29, 1.82) is 0 Å². The molecular weight excluding hydrogens is 324 g/mol. The van der Waals surface area contributed by atoms with Crippen LogP contribution in [0.1, 0.15) is 63.2 Å². The van der Waals surface area contributed by atoms with Crippen LogP contribution in [0.4, 0.5) is 0 Å². The summed E-state index contributed by atoms with van der Waals surface area (Å²) in [6.45, 7) is 1.77. The molecule has 3 aliphatic rings. The summed E-state index contributed by atoms with van der Waals surface area (Å²) in [5, 5.41) is 0. The average molecular weight is 352 g/mol. The average Bonchev–Trinajstić information content (AvgIpc) is 3.28. The number of rotatable bonds is 4. The Hall–Kier alpha value is -1.91. The van der Waals surface area contributed by atoms with Crippen LogP contribution in [0, 0.1) is 11.8 Å². The molecule has 0 spiro atoms. The number of pyridine rings is 1. The van der Waals surface area contributed by atoms with Gasteiger partial charge in [0.1, 0.15) is 11.3 Å². The molecule has 0 N–H and O–H groups in total. The fourth-order valence-electron chi connectivity index (χ4n) is 4.91. The molecule has 0 bridgehead atoms. The van der Waals surface area contributed by atoms with Crippen molar-refractivity contribution >= 4 is 17.1 Å². The van der Waals surface area contributed by atoms with Crippen molar-refractivity contribution in [2.75, 3.05) is 13.1 Å². The molecule has 0 atom stereocenters. The summed E-state index contributed by atoms with van der Waals surface area (Å²) < 4.78 is 2.42. The maximum Gasteiger partial charge on any atom is 0.225 e. The summed E-state index contributed by atoms with van der Waals surface area (Å²) in [5.41, 5.74) is 2.06. The lowest BCUT2D eigenvalue weighted by Gasteiger charge is -2.33. The molecule has 5 heteroatoms. The number of imidazole rings is 1.